The van der Waals surface area contributed by atoms with Crippen LogP contribution in [0.3, 0.4) is 0 Å². The second-order valence-electron chi connectivity index (χ2n) is 3.10. The molecule has 1 nitrogen and oxygen atoms in total. The summed E-state index contributed by atoms with van der Waals surface area (Å²) < 4.78 is 0. The van der Waals surface area contributed by atoms with Gasteiger partial charge in [-0.15, -0.1) is 11.6 Å². The molecule has 0 aromatic heterocycles. The SMILES string of the molecule is O=C(CCl)C1=Cc2ccccc2C1. The summed E-state index contributed by atoms with van der Waals surface area (Å²) in [6.45, 7) is 0. The maximum Gasteiger partial charge on any atom is 0.173 e. The second-order valence-corrected chi connectivity index (χ2v) is 3.37. The number of carbonyl (C=O) groups excluding carboxylic acids is 1. The molecule has 0 saturated carbocycles. The van der Waals surface area contributed by atoms with Crippen LogP contribution in [-0.2, 0) is 11.2 Å². The minimum atomic E-state index is 0.0397. The average molecular weight is 193 g/mol. The molecule has 0 bridgehead atoms. The molecule has 0 aliphatic heterocycles. The number of fused-ring (bicyclic) bond motifs is 1. The largest absolute Gasteiger partial charge is 0.293 e. The number of benzene rings is 1. The second kappa shape index (κ2) is 3.35. The summed E-state index contributed by atoms with van der Waals surface area (Å²) in [5, 5.41) is 0. The molecule has 1 aliphatic carbocycles. The molecule has 13 heavy (non-hydrogen) atoms. The lowest BCUT2D eigenvalue weighted by Gasteiger charge is -1.96. The summed E-state index contributed by atoms with van der Waals surface area (Å²) in [5.74, 6) is 0.123. The van der Waals surface area contributed by atoms with Gasteiger partial charge in [-0.25, -0.2) is 0 Å². The zero-order valence-corrected chi connectivity index (χ0v) is 7.84. The number of carbonyl (C=O) groups is 1. The van der Waals surface area contributed by atoms with Crippen molar-refractivity contribution in [2.75, 3.05) is 5.88 Å². The molecular formula is C11H9ClO. The number of rotatable bonds is 2. The Morgan fingerprint density at radius 2 is 2.15 bits per heavy atom. The summed E-state index contributed by atoms with van der Waals surface area (Å²) >= 11 is 5.48. The van der Waals surface area contributed by atoms with E-state index in [0.717, 1.165) is 17.6 Å². The van der Waals surface area contributed by atoms with Gasteiger partial charge in [0.2, 0.25) is 0 Å². The number of halogens is 1. The normalized spacial score (nSPS) is 13.8. The Balaban J connectivity index is 2.31. The third kappa shape index (κ3) is 1.52. The molecule has 2 heteroatoms. The van der Waals surface area contributed by atoms with Crippen molar-refractivity contribution in [3.05, 3.63) is 41.0 Å². The molecule has 0 N–H and O–H groups in total. The Labute approximate surface area is 82.0 Å². The number of hydrogen-bond acceptors (Lipinski definition) is 1. The zero-order valence-electron chi connectivity index (χ0n) is 7.09. The number of ketones is 1. The monoisotopic (exact) mass is 192 g/mol. The van der Waals surface area contributed by atoms with Gasteiger partial charge in [-0.05, 0) is 17.2 Å². The standard InChI is InChI=1S/C11H9ClO/c12-7-11(13)10-5-8-3-1-2-4-9(8)6-10/h1-5H,6-7H2. The minimum Gasteiger partial charge on any atom is -0.293 e. The summed E-state index contributed by atoms with van der Waals surface area (Å²) in [7, 11) is 0. The van der Waals surface area contributed by atoms with Gasteiger partial charge in [0.15, 0.2) is 5.78 Å². The highest BCUT2D eigenvalue weighted by atomic mass is 35.5. The molecule has 2 rings (SSSR count). The van der Waals surface area contributed by atoms with Crippen LogP contribution in [0.1, 0.15) is 11.1 Å². The Hall–Kier alpha value is -1.08. The first-order valence-electron chi connectivity index (χ1n) is 4.19. The van der Waals surface area contributed by atoms with Crippen LogP contribution in [0.5, 0.6) is 0 Å². The highest BCUT2D eigenvalue weighted by Crippen LogP contribution is 2.25. The van der Waals surface area contributed by atoms with Crippen molar-refractivity contribution in [2.45, 2.75) is 6.42 Å². The molecule has 0 fully saturated rings. The van der Waals surface area contributed by atoms with Gasteiger partial charge in [-0.1, -0.05) is 24.3 Å². The molecule has 0 spiro atoms. The van der Waals surface area contributed by atoms with E-state index in [1.54, 1.807) is 0 Å². The third-order valence-corrected chi connectivity index (χ3v) is 2.49. The van der Waals surface area contributed by atoms with Gasteiger partial charge < -0.3 is 0 Å². The lowest BCUT2D eigenvalue weighted by atomic mass is 10.1. The number of allylic oxidation sites excluding steroid dienone is 1. The van der Waals surface area contributed by atoms with Crippen LogP contribution in [0.15, 0.2) is 29.8 Å². The molecular weight excluding hydrogens is 184 g/mol. The predicted molar refractivity (Wildman–Crippen MR) is 53.9 cm³/mol. The number of hydrogen-bond donors (Lipinski definition) is 0. The van der Waals surface area contributed by atoms with Crippen molar-refractivity contribution in [3.63, 3.8) is 0 Å². The first-order valence-corrected chi connectivity index (χ1v) is 4.72. The molecule has 0 atom stereocenters. The molecule has 1 aromatic rings. The average Bonchev–Trinajstić information content (AvgIpc) is 2.59. The molecule has 0 saturated heterocycles. The van der Waals surface area contributed by atoms with E-state index in [1.165, 1.54) is 5.56 Å². The van der Waals surface area contributed by atoms with Crippen molar-refractivity contribution < 1.29 is 4.79 Å². The quantitative estimate of drug-likeness (QED) is 0.658. The highest BCUT2D eigenvalue weighted by Gasteiger charge is 2.16. The minimum absolute atomic E-state index is 0.0397. The van der Waals surface area contributed by atoms with E-state index in [2.05, 4.69) is 0 Å². The summed E-state index contributed by atoms with van der Waals surface area (Å²) in [6, 6.07) is 8.02. The third-order valence-electron chi connectivity index (χ3n) is 2.25. The molecule has 1 aromatic carbocycles. The maximum atomic E-state index is 11.3. The van der Waals surface area contributed by atoms with Crippen LogP contribution in [0, 0.1) is 0 Å². The molecule has 0 amide bonds. The van der Waals surface area contributed by atoms with Gasteiger partial charge in [0, 0.05) is 12.0 Å². The van der Waals surface area contributed by atoms with Crippen LogP contribution in [0.25, 0.3) is 6.08 Å². The van der Waals surface area contributed by atoms with E-state index in [-0.39, 0.29) is 11.7 Å². The van der Waals surface area contributed by atoms with E-state index >= 15 is 0 Å². The van der Waals surface area contributed by atoms with E-state index in [4.69, 9.17) is 11.6 Å². The van der Waals surface area contributed by atoms with Crippen molar-refractivity contribution in [2.24, 2.45) is 0 Å². The Morgan fingerprint density at radius 3 is 2.85 bits per heavy atom. The number of Topliss-reactive ketones (excluding diaryl/α,β-unsaturated/α-hetero) is 1. The fourth-order valence-electron chi connectivity index (χ4n) is 1.54. The fourth-order valence-corrected chi connectivity index (χ4v) is 1.72. The van der Waals surface area contributed by atoms with E-state index in [1.807, 2.05) is 30.3 Å². The summed E-state index contributed by atoms with van der Waals surface area (Å²) in [6.07, 6.45) is 2.67. The summed E-state index contributed by atoms with van der Waals surface area (Å²) in [5.41, 5.74) is 3.20. The topological polar surface area (TPSA) is 17.1 Å². The van der Waals surface area contributed by atoms with Crippen LogP contribution < -0.4 is 0 Å². The zero-order chi connectivity index (χ0) is 9.26. The molecule has 66 valence electrons. The van der Waals surface area contributed by atoms with Gasteiger partial charge in [0.25, 0.3) is 0 Å². The molecule has 0 radical (unpaired) electrons. The van der Waals surface area contributed by atoms with Crippen LogP contribution >= 0.6 is 11.6 Å². The predicted octanol–water partition coefficient (Wildman–Crippen LogP) is 2.43. The van der Waals surface area contributed by atoms with Gasteiger partial charge in [0.1, 0.15) is 0 Å². The Morgan fingerprint density at radius 1 is 1.38 bits per heavy atom. The number of alkyl halides is 1. The lowest BCUT2D eigenvalue weighted by molar-refractivity contribution is -0.113. The van der Waals surface area contributed by atoms with Crippen molar-refractivity contribution in [3.8, 4) is 0 Å². The molecule has 0 unspecified atom stereocenters. The van der Waals surface area contributed by atoms with Gasteiger partial charge in [-0.3, -0.25) is 4.79 Å². The first-order chi connectivity index (χ1) is 6.31. The smallest absolute Gasteiger partial charge is 0.173 e. The molecule has 0 heterocycles. The fraction of sp³-hybridized carbons (Fsp3) is 0.182. The lowest BCUT2D eigenvalue weighted by Crippen LogP contribution is -2.03. The van der Waals surface area contributed by atoms with Crippen LogP contribution in [-0.4, -0.2) is 11.7 Å². The van der Waals surface area contributed by atoms with Crippen LogP contribution in [0.2, 0.25) is 0 Å². The molecule has 1 aliphatic rings. The van der Waals surface area contributed by atoms with Crippen LogP contribution in [0.4, 0.5) is 0 Å². The van der Waals surface area contributed by atoms with E-state index < -0.39 is 0 Å². The maximum absolute atomic E-state index is 11.3. The van der Waals surface area contributed by atoms with Crippen molar-refractivity contribution >= 4 is 23.5 Å². The van der Waals surface area contributed by atoms with Gasteiger partial charge in [0.05, 0.1) is 5.88 Å². The van der Waals surface area contributed by atoms with Crippen molar-refractivity contribution in [1.29, 1.82) is 0 Å². The van der Waals surface area contributed by atoms with Crippen molar-refractivity contribution in [1.82, 2.24) is 0 Å². The summed E-state index contributed by atoms with van der Waals surface area (Å²) in [4.78, 5) is 11.3. The Bertz CT molecular complexity index is 379. The van der Waals surface area contributed by atoms with Gasteiger partial charge >= 0.3 is 0 Å². The van der Waals surface area contributed by atoms with Gasteiger partial charge in [-0.2, -0.15) is 0 Å². The Kier molecular flexibility index (Phi) is 2.19. The van der Waals surface area contributed by atoms with E-state index in [9.17, 15) is 4.79 Å². The highest BCUT2D eigenvalue weighted by molar-refractivity contribution is 6.31. The first kappa shape index (κ1) is 8.52. The van der Waals surface area contributed by atoms with E-state index in [0.29, 0.717) is 0 Å².